The Morgan fingerprint density at radius 1 is 1.29 bits per heavy atom. The first kappa shape index (κ1) is 15.0. The van der Waals surface area contributed by atoms with Crippen molar-refractivity contribution < 1.29 is 9.53 Å². The Labute approximate surface area is 127 Å². The molecule has 6 heteroatoms. The molecule has 1 N–H and O–H groups in total. The molecule has 1 aromatic carbocycles. The number of hydrogen-bond acceptors (Lipinski definition) is 4. The molecule has 1 amide bonds. The summed E-state index contributed by atoms with van der Waals surface area (Å²) in [5, 5.41) is 4.59. The van der Waals surface area contributed by atoms with E-state index in [0.29, 0.717) is 22.2 Å². The van der Waals surface area contributed by atoms with Gasteiger partial charge in [-0.3, -0.25) is 9.78 Å². The molecule has 2 rings (SSSR count). The summed E-state index contributed by atoms with van der Waals surface area (Å²) >= 11 is 5.76. The minimum Gasteiger partial charge on any atom is -0.484 e. The van der Waals surface area contributed by atoms with Crippen LogP contribution in [-0.4, -0.2) is 23.2 Å². The van der Waals surface area contributed by atoms with E-state index in [1.165, 1.54) is 0 Å². The number of nitrogens with zero attached hydrogens (tertiary/aromatic N) is 2. The van der Waals surface area contributed by atoms with Crippen molar-refractivity contribution >= 4 is 23.2 Å². The lowest BCUT2D eigenvalue weighted by atomic mass is 10.3. The van der Waals surface area contributed by atoms with E-state index in [9.17, 15) is 4.79 Å². The Morgan fingerprint density at radius 2 is 2.05 bits per heavy atom. The van der Waals surface area contributed by atoms with Gasteiger partial charge < -0.3 is 4.74 Å². The first-order valence-electron chi connectivity index (χ1n) is 6.28. The first-order valence-corrected chi connectivity index (χ1v) is 6.66. The van der Waals surface area contributed by atoms with Crippen molar-refractivity contribution in [3.63, 3.8) is 0 Å². The topological polar surface area (TPSA) is 63.6 Å². The van der Waals surface area contributed by atoms with Gasteiger partial charge in [-0.05, 0) is 43.3 Å². The summed E-state index contributed by atoms with van der Waals surface area (Å²) in [6.45, 7) is 1.64. The lowest BCUT2D eigenvalue weighted by molar-refractivity contribution is -0.123. The van der Waals surface area contributed by atoms with Crippen LogP contribution in [0, 0.1) is 0 Å². The SMILES string of the molecule is CC(=NNC(=O)COc1ccc(Cl)cc1)c1ccccn1. The molecule has 0 aliphatic heterocycles. The molecule has 0 bridgehead atoms. The van der Waals surface area contributed by atoms with Gasteiger partial charge in [0.2, 0.25) is 0 Å². The predicted molar refractivity (Wildman–Crippen MR) is 81.5 cm³/mol. The van der Waals surface area contributed by atoms with E-state index in [0.717, 1.165) is 0 Å². The van der Waals surface area contributed by atoms with Crippen LogP contribution in [0.1, 0.15) is 12.6 Å². The van der Waals surface area contributed by atoms with Gasteiger partial charge in [-0.25, -0.2) is 5.43 Å². The Morgan fingerprint density at radius 3 is 2.71 bits per heavy atom. The zero-order valence-electron chi connectivity index (χ0n) is 11.4. The summed E-state index contributed by atoms with van der Waals surface area (Å²) in [5.41, 5.74) is 3.75. The Balaban J connectivity index is 1.83. The highest BCUT2D eigenvalue weighted by Crippen LogP contribution is 2.15. The van der Waals surface area contributed by atoms with Crippen LogP contribution in [0.4, 0.5) is 0 Å². The summed E-state index contributed by atoms with van der Waals surface area (Å²) in [4.78, 5) is 15.8. The van der Waals surface area contributed by atoms with Crippen LogP contribution in [-0.2, 0) is 4.79 Å². The summed E-state index contributed by atoms with van der Waals surface area (Å²) in [6, 6.07) is 12.3. The maximum atomic E-state index is 11.6. The molecule has 0 saturated heterocycles. The normalized spacial score (nSPS) is 11.0. The number of rotatable bonds is 5. The monoisotopic (exact) mass is 303 g/mol. The van der Waals surface area contributed by atoms with E-state index in [4.69, 9.17) is 16.3 Å². The number of hydrogen-bond donors (Lipinski definition) is 1. The maximum absolute atomic E-state index is 11.6. The Hall–Kier alpha value is -2.40. The number of benzene rings is 1. The van der Waals surface area contributed by atoms with E-state index in [1.54, 1.807) is 37.4 Å². The second-order valence-electron chi connectivity index (χ2n) is 4.19. The lowest BCUT2D eigenvalue weighted by Gasteiger charge is -2.05. The van der Waals surface area contributed by atoms with Crippen LogP contribution >= 0.6 is 11.6 Å². The van der Waals surface area contributed by atoms with Gasteiger partial charge in [0.05, 0.1) is 11.4 Å². The summed E-state index contributed by atoms with van der Waals surface area (Å²) in [7, 11) is 0. The van der Waals surface area contributed by atoms with Gasteiger partial charge in [0.25, 0.3) is 5.91 Å². The highest BCUT2D eigenvalue weighted by molar-refractivity contribution is 6.30. The molecule has 5 nitrogen and oxygen atoms in total. The molecule has 0 atom stereocenters. The fourth-order valence-corrected chi connectivity index (χ4v) is 1.62. The third-order valence-corrected chi connectivity index (χ3v) is 2.82. The van der Waals surface area contributed by atoms with Gasteiger partial charge in [0.15, 0.2) is 6.61 Å². The number of hydrazone groups is 1. The van der Waals surface area contributed by atoms with E-state index in [1.807, 2.05) is 18.2 Å². The third kappa shape index (κ3) is 4.89. The van der Waals surface area contributed by atoms with Crippen LogP contribution in [0.2, 0.25) is 5.02 Å². The van der Waals surface area contributed by atoms with Crippen LogP contribution < -0.4 is 10.2 Å². The average Bonchev–Trinajstić information content (AvgIpc) is 2.53. The van der Waals surface area contributed by atoms with E-state index in [2.05, 4.69) is 15.5 Å². The summed E-state index contributed by atoms with van der Waals surface area (Å²) in [6.07, 6.45) is 1.67. The highest BCUT2D eigenvalue weighted by Gasteiger charge is 2.03. The molecular formula is C15H14ClN3O2. The number of carbonyl (C=O) groups is 1. The number of pyridine rings is 1. The van der Waals surface area contributed by atoms with Crippen molar-refractivity contribution in [2.75, 3.05) is 6.61 Å². The highest BCUT2D eigenvalue weighted by atomic mass is 35.5. The summed E-state index contributed by atoms with van der Waals surface area (Å²) < 4.78 is 5.31. The quantitative estimate of drug-likeness (QED) is 0.682. The number of nitrogens with one attached hydrogen (secondary N) is 1. The molecule has 21 heavy (non-hydrogen) atoms. The second kappa shape index (κ2) is 7.40. The molecule has 108 valence electrons. The van der Waals surface area contributed by atoms with E-state index >= 15 is 0 Å². The molecule has 0 unspecified atom stereocenters. The molecule has 0 aliphatic carbocycles. The minimum absolute atomic E-state index is 0.124. The number of aromatic nitrogens is 1. The molecule has 2 aromatic rings. The van der Waals surface area contributed by atoms with Crippen molar-refractivity contribution in [3.05, 3.63) is 59.4 Å². The molecule has 0 radical (unpaired) electrons. The molecule has 0 aliphatic rings. The minimum atomic E-state index is -0.347. The van der Waals surface area contributed by atoms with Crippen LogP contribution in [0.3, 0.4) is 0 Å². The molecule has 1 heterocycles. The predicted octanol–water partition coefficient (Wildman–Crippen LogP) is 2.65. The van der Waals surface area contributed by atoms with Crippen molar-refractivity contribution in [1.82, 2.24) is 10.4 Å². The second-order valence-corrected chi connectivity index (χ2v) is 4.63. The average molecular weight is 304 g/mol. The molecule has 0 fully saturated rings. The van der Waals surface area contributed by atoms with Crippen molar-refractivity contribution in [3.8, 4) is 5.75 Å². The summed E-state index contributed by atoms with van der Waals surface area (Å²) in [5.74, 6) is 0.222. The standard InChI is InChI=1S/C15H14ClN3O2/c1-11(14-4-2-3-9-17-14)18-19-15(20)10-21-13-7-5-12(16)6-8-13/h2-9H,10H2,1H3,(H,19,20). The Kier molecular flexibility index (Phi) is 5.29. The van der Waals surface area contributed by atoms with E-state index < -0.39 is 0 Å². The van der Waals surface area contributed by atoms with Crippen molar-refractivity contribution in [2.45, 2.75) is 6.92 Å². The molecule has 0 spiro atoms. The maximum Gasteiger partial charge on any atom is 0.277 e. The van der Waals surface area contributed by atoms with Gasteiger partial charge in [0, 0.05) is 11.2 Å². The smallest absolute Gasteiger partial charge is 0.277 e. The largest absolute Gasteiger partial charge is 0.484 e. The van der Waals surface area contributed by atoms with Crippen LogP contribution in [0.5, 0.6) is 5.75 Å². The van der Waals surface area contributed by atoms with Gasteiger partial charge >= 0.3 is 0 Å². The zero-order chi connectivity index (χ0) is 15.1. The van der Waals surface area contributed by atoms with Gasteiger partial charge in [-0.1, -0.05) is 17.7 Å². The van der Waals surface area contributed by atoms with Gasteiger partial charge in [-0.2, -0.15) is 5.10 Å². The zero-order valence-corrected chi connectivity index (χ0v) is 12.2. The number of carbonyl (C=O) groups excluding carboxylic acids is 1. The lowest BCUT2D eigenvalue weighted by Crippen LogP contribution is -2.25. The fraction of sp³-hybridized carbons (Fsp3) is 0.133. The first-order chi connectivity index (χ1) is 10.1. The number of halogens is 1. The Bertz CT molecular complexity index is 627. The van der Waals surface area contributed by atoms with E-state index in [-0.39, 0.29) is 12.5 Å². The van der Waals surface area contributed by atoms with Gasteiger partial charge in [0.1, 0.15) is 5.75 Å². The van der Waals surface area contributed by atoms with Crippen LogP contribution in [0.15, 0.2) is 53.8 Å². The van der Waals surface area contributed by atoms with Crippen molar-refractivity contribution in [2.24, 2.45) is 5.10 Å². The number of amides is 1. The van der Waals surface area contributed by atoms with Crippen LogP contribution in [0.25, 0.3) is 0 Å². The fourth-order valence-electron chi connectivity index (χ4n) is 1.49. The van der Waals surface area contributed by atoms with Gasteiger partial charge in [-0.15, -0.1) is 0 Å². The molecule has 1 aromatic heterocycles. The number of ether oxygens (including phenoxy) is 1. The van der Waals surface area contributed by atoms with Crippen molar-refractivity contribution in [1.29, 1.82) is 0 Å². The third-order valence-electron chi connectivity index (χ3n) is 2.57. The molecule has 0 saturated carbocycles. The molecular weight excluding hydrogens is 290 g/mol.